The normalized spacial score (nSPS) is 12.3. The highest BCUT2D eigenvalue weighted by Crippen LogP contribution is 2.27. The Hall–Kier alpha value is -2.31. The van der Waals surface area contributed by atoms with Gasteiger partial charge in [-0.25, -0.2) is 9.37 Å². The van der Waals surface area contributed by atoms with Gasteiger partial charge >= 0.3 is 0 Å². The van der Waals surface area contributed by atoms with Crippen LogP contribution in [0.4, 0.5) is 4.39 Å². The van der Waals surface area contributed by atoms with Gasteiger partial charge in [0.1, 0.15) is 18.2 Å². The van der Waals surface area contributed by atoms with E-state index in [0.717, 1.165) is 10.8 Å². The molecule has 3 aromatic rings. The highest BCUT2D eigenvalue weighted by atomic mass is 32.2. The van der Waals surface area contributed by atoms with Gasteiger partial charge in [0.15, 0.2) is 5.16 Å². The molecule has 2 aromatic carbocycles. The van der Waals surface area contributed by atoms with E-state index in [-0.39, 0.29) is 12.4 Å². The van der Waals surface area contributed by atoms with Gasteiger partial charge in [-0.2, -0.15) is 0 Å². The predicted octanol–water partition coefficient (Wildman–Crippen LogP) is 4.67. The summed E-state index contributed by atoms with van der Waals surface area (Å²) >= 11 is 1.48. The number of thioether (sulfide) groups is 1. The summed E-state index contributed by atoms with van der Waals surface area (Å²) in [4.78, 5) is 4.43. The maximum Gasteiger partial charge on any atom is 0.172 e. The van der Waals surface area contributed by atoms with Gasteiger partial charge in [-0.05, 0) is 41.8 Å². The van der Waals surface area contributed by atoms with Gasteiger partial charge in [0, 0.05) is 18.1 Å². The number of halogens is 1. The first kappa shape index (κ1) is 19.5. The molecule has 0 aliphatic rings. The monoisotopic (exact) mass is 386 g/mol. The maximum absolute atomic E-state index is 12.9. The van der Waals surface area contributed by atoms with Gasteiger partial charge < -0.3 is 9.84 Å². The summed E-state index contributed by atoms with van der Waals surface area (Å²) in [7, 11) is 0. The van der Waals surface area contributed by atoms with Gasteiger partial charge in [0.25, 0.3) is 0 Å². The Morgan fingerprint density at radius 1 is 1.15 bits per heavy atom. The van der Waals surface area contributed by atoms with Crippen LogP contribution in [0.15, 0.2) is 66.1 Å². The molecule has 1 atom stereocenters. The van der Waals surface area contributed by atoms with Crippen LogP contribution in [0.3, 0.4) is 0 Å². The molecule has 0 saturated heterocycles. The highest BCUT2D eigenvalue weighted by Gasteiger charge is 2.14. The van der Waals surface area contributed by atoms with Crippen molar-refractivity contribution in [2.24, 2.45) is 0 Å². The number of hydrogen-bond donors (Lipinski definition) is 1. The molecular weight excluding hydrogens is 363 g/mol. The van der Waals surface area contributed by atoms with Gasteiger partial charge in [0.2, 0.25) is 0 Å². The van der Waals surface area contributed by atoms with Crippen LogP contribution in [0.2, 0.25) is 0 Å². The molecule has 0 bridgehead atoms. The molecule has 0 fully saturated rings. The van der Waals surface area contributed by atoms with Crippen molar-refractivity contribution in [2.75, 3.05) is 12.4 Å². The van der Waals surface area contributed by atoms with E-state index < -0.39 is 6.10 Å². The summed E-state index contributed by atoms with van der Waals surface area (Å²) in [6.07, 6.45) is 3.04. The van der Waals surface area contributed by atoms with E-state index in [0.29, 0.717) is 17.4 Å². The van der Waals surface area contributed by atoms with Crippen molar-refractivity contribution in [3.63, 3.8) is 0 Å². The topological polar surface area (TPSA) is 47.3 Å². The summed E-state index contributed by atoms with van der Waals surface area (Å²) in [6, 6.07) is 14.0. The highest BCUT2D eigenvalue weighted by molar-refractivity contribution is 7.99. The molecule has 0 saturated carbocycles. The van der Waals surface area contributed by atoms with Gasteiger partial charge in [0.05, 0.1) is 11.8 Å². The Morgan fingerprint density at radius 2 is 1.89 bits per heavy atom. The van der Waals surface area contributed by atoms with Crippen molar-refractivity contribution in [1.29, 1.82) is 0 Å². The maximum atomic E-state index is 12.9. The number of hydrogen-bond acceptors (Lipinski definition) is 4. The lowest BCUT2D eigenvalue weighted by atomic mass is 10.0. The summed E-state index contributed by atoms with van der Waals surface area (Å²) < 4.78 is 20.5. The molecule has 1 heterocycles. The fraction of sp³-hybridized carbons (Fsp3) is 0.286. The molecule has 3 rings (SSSR count). The molecule has 0 radical (unpaired) electrons. The fourth-order valence-corrected chi connectivity index (χ4v) is 3.59. The Bertz CT molecular complexity index is 865. The van der Waals surface area contributed by atoms with Gasteiger partial charge in [-0.15, -0.1) is 0 Å². The molecule has 6 heteroatoms. The average Bonchev–Trinajstić information content (AvgIpc) is 3.14. The lowest BCUT2D eigenvalue weighted by molar-refractivity contribution is 0.126. The van der Waals surface area contributed by atoms with Crippen molar-refractivity contribution in [3.05, 3.63) is 72.3 Å². The molecule has 0 aliphatic carbocycles. The second-order valence-electron chi connectivity index (χ2n) is 6.52. The van der Waals surface area contributed by atoms with Crippen LogP contribution in [0.1, 0.15) is 25.3 Å². The third-order valence-corrected chi connectivity index (χ3v) is 5.20. The van der Waals surface area contributed by atoms with E-state index in [1.807, 2.05) is 22.9 Å². The SMILES string of the molecule is CC(C)c1ccccc1-n1ccnc1SCC(O)COc1ccc(F)cc1. The lowest BCUT2D eigenvalue weighted by Crippen LogP contribution is -2.20. The molecule has 0 spiro atoms. The summed E-state index contributed by atoms with van der Waals surface area (Å²) in [5, 5.41) is 11.0. The molecule has 142 valence electrons. The van der Waals surface area contributed by atoms with Crippen LogP contribution in [-0.2, 0) is 0 Å². The number of aliphatic hydroxyl groups excluding tert-OH is 1. The molecule has 0 aliphatic heterocycles. The minimum absolute atomic E-state index is 0.141. The Balaban J connectivity index is 1.61. The molecule has 1 aromatic heterocycles. The van der Waals surface area contributed by atoms with Crippen molar-refractivity contribution >= 4 is 11.8 Å². The number of imidazole rings is 1. The van der Waals surface area contributed by atoms with E-state index in [9.17, 15) is 9.50 Å². The van der Waals surface area contributed by atoms with Crippen molar-refractivity contribution in [2.45, 2.75) is 31.0 Å². The predicted molar refractivity (Wildman–Crippen MR) is 106 cm³/mol. The van der Waals surface area contributed by atoms with Crippen LogP contribution in [0.5, 0.6) is 5.75 Å². The summed E-state index contributed by atoms with van der Waals surface area (Å²) in [5.41, 5.74) is 2.35. The van der Waals surface area contributed by atoms with Crippen molar-refractivity contribution < 1.29 is 14.2 Å². The minimum Gasteiger partial charge on any atom is -0.491 e. The zero-order valence-corrected chi connectivity index (χ0v) is 16.2. The number of nitrogens with zero attached hydrogens (tertiary/aromatic N) is 2. The smallest absolute Gasteiger partial charge is 0.172 e. The number of aliphatic hydroxyl groups is 1. The standard InChI is InChI=1S/C21H23FN2O2S/c1-15(2)19-5-3-4-6-20(19)24-12-11-23-21(24)27-14-17(25)13-26-18-9-7-16(22)8-10-18/h3-12,15,17,25H,13-14H2,1-2H3. The Labute approximate surface area is 163 Å². The molecular formula is C21H23FN2O2S. The molecule has 4 nitrogen and oxygen atoms in total. The van der Waals surface area contributed by atoms with Crippen LogP contribution in [0.25, 0.3) is 5.69 Å². The average molecular weight is 386 g/mol. The van der Waals surface area contributed by atoms with E-state index in [1.165, 1.54) is 29.5 Å². The largest absolute Gasteiger partial charge is 0.491 e. The Morgan fingerprint density at radius 3 is 2.63 bits per heavy atom. The van der Waals surface area contributed by atoms with Crippen LogP contribution in [-0.4, -0.2) is 33.1 Å². The zero-order valence-electron chi connectivity index (χ0n) is 15.4. The van der Waals surface area contributed by atoms with Gasteiger partial charge in [-0.3, -0.25) is 4.57 Å². The number of para-hydroxylation sites is 1. The van der Waals surface area contributed by atoms with Gasteiger partial charge in [-0.1, -0.05) is 43.8 Å². The van der Waals surface area contributed by atoms with Crippen molar-refractivity contribution in [3.8, 4) is 11.4 Å². The first-order valence-corrected chi connectivity index (χ1v) is 9.85. The number of rotatable bonds is 8. The van der Waals surface area contributed by atoms with E-state index in [4.69, 9.17) is 4.74 Å². The quantitative estimate of drug-likeness (QED) is 0.572. The third-order valence-electron chi connectivity index (χ3n) is 4.09. The number of ether oxygens (including phenoxy) is 1. The minimum atomic E-state index is -0.662. The second kappa shape index (κ2) is 9.06. The fourth-order valence-electron chi connectivity index (χ4n) is 2.72. The second-order valence-corrected chi connectivity index (χ2v) is 7.51. The van der Waals surface area contributed by atoms with Crippen LogP contribution >= 0.6 is 11.8 Å². The zero-order chi connectivity index (χ0) is 19.2. The van der Waals surface area contributed by atoms with Crippen LogP contribution in [0, 0.1) is 5.82 Å². The summed E-state index contributed by atoms with van der Waals surface area (Å²) in [6.45, 7) is 4.47. The number of aromatic nitrogens is 2. The molecule has 1 unspecified atom stereocenters. The summed E-state index contributed by atoms with van der Waals surface area (Å²) in [5.74, 6) is 1.07. The molecule has 1 N–H and O–H groups in total. The van der Waals surface area contributed by atoms with E-state index >= 15 is 0 Å². The van der Waals surface area contributed by atoms with E-state index in [2.05, 4.69) is 31.0 Å². The lowest BCUT2D eigenvalue weighted by Gasteiger charge is -2.16. The molecule has 27 heavy (non-hydrogen) atoms. The first-order valence-electron chi connectivity index (χ1n) is 8.86. The van der Waals surface area contributed by atoms with Crippen molar-refractivity contribution in [1.82, 2.24) is 9.55 Å². The van der Waals surface area contributed by atoms with E-state index in [1.54, 1.807) is 18.3 Å². The number of benzene rings is 2. The third kappa shape index (κ3) is 5.11. The molecule has 0 amide bonds. The first-order chi connectivity index (χ1) is 13.0. The van der Waals surface area contributed by atoms with Crippen LogP contribution < -0.4 is 4.74 Å². The Kier molecular flexibility index (Phi) is 6.53.